The van der Waals surface area contributed by atoms with Gasteiger partial charge in [-0.15, -0.1) is 0 Å². The molecule has 0 spiro atoms. The van der Waals surface area contributed by atoms with Crippen LogP contribution in [0.1, 0.15) is 80.5 Å². The maximum absolute atomic E-state index is 13.2. The highest BCUT2D eigenvalue weighted by Crippen LogP contribution is 2.41. The average molecular weight is 378 g/mol. The normalized spacial score (nSPS) is 18.0. The van der Waals surface area contributed by atoms with Crippen LogP contribution in [0.3, 0.4) is 0 Å². The molecular weight excluding hydrogens is 352 g/mol. The molecule has 2 fully saturated rings. The van der Waals surface area contributed by atoms with Gasteiger partial charge in [0.25, 0.3) is 5.91 Å². The molecule has 0 bridgehead atoms. The Labute approximate surface area is 164 Å². The number of pyridine rings is 1. The highest BCUT2D eigenvalue weighted by molar-refractivity contribution is 6.11. The lowest BCUT2D eigenvalue weighted by molar-refractivity contribution is 0.102. The van der Waals surface area contributed by atoms with Gasteiger partial charge in [-0.25, -0.2) is 14.3 Å². The number of aromatic nitrogens is 5. The number of carbonyl (C=O) groups excluding carboxylic acids is 1. The molecule has 0 saturated heterocycles. The first-order valence-corrected chi connectivity index (χ1v) is 10.3. The summed E-state index contributed by atoms with van der Waals surface area (Å²) in [4.78, 5) is 18.1. The van der Waals surface area contributed by atoms with Crippen molar-refractivity contribution in [1.29, 1.82) is 0 Å². The van der Waals surface area contributed by atoms with Crippen molar-refractivity contribution < 1.29 is 4.79 Å². The number of hydrogen-bond donors (Lipinski definition) is 1. The van der Waals surface area contributed by atoms with E-state index in [-0.39, 0.29) is 11.9 Å². The third-order valence-electron chi connectivity index (χ3n) is 5.92. The van der Waals surface area contributed by atoms with E-state index in [1.165, 1.54) is 12.8 Å². The quantitative estimate of drug-likeness (QED) is 0.693. The van der Waals surface area contributed by atoms with Gasteiger partial charge < -0.3 is 5.32 Å². The summed E-state index contributed by atoms with van der Waals surface area (Å²) in [6.07, 6.45) is 8.26. The molecule has 1 amide bonds. The second kappa shape index (κ2) is 6.43. The van der Waals surface area contributed by atoms with Gasteiger partial charge in [0.15, 0.2) is 5.65 Å². The number of rotatable bonds is 6. The largest absolute Gasteiger partial charge is 0.307 e. The van der Waals surface area contributed by atoms with Crippen LogP contribution in [0.15, 0.2) is 24.5 Å². The Kier molecular flexibility index (Phi) is 4.00. The number of nitrogens with one attached hydrogen (secondary N) is 1. The first-order chi connectivity index (χ1) is 13.5. The van der Waals surface area contributed by atoms with E-state index in [4.69, 9.17) is 4.98 Å². The van der Waals surface area contributed by atoms with Crippen molar-refractivity contribution in [2.45, 2.75) is 64.5 Å². The smallest absolute Gasteiger partial charge is 0.257 e. The molecule has 0 radical (unpaired) electrons. The number of fused-ring (bicyclic) bond motifs is 1. The van der Waals surface area contributed by atoms with Gasteiger partial charge in [-0.05, 0) is 58.4 Å². The molecule has 7 heteroatoms. The van der Waals surface area contributed by atoms with Crippen molar-refractivity contribution in [3.8, 4) is 0 Å². The van der Waals surface area contributed by atoms with Gasteiger partial charge in [0, 0.05) is 23.7 Å². The fraction of sp³-hybridized carbons (Fsp3) is 0.524. The summed E-state index contributed by atoms with van der Waals surface area (Å²) in [5.74, 6) is 1.75. The van der Waals surface area contributed by atoms with Gasteiger partial charge in [-0.1, -0.05) is 0 Å². The van der Waals surface area contributed by atoms with E-state index < -0.39 is 0 Å². The summed E-state index contributed by atoms with van der Waals surface area (Å²) < 4.78 is 3.84. The van der Waals surface area contributed by atoms with E-state index in [2.05, 4.69) is 36.3 Å². The summed E-state index contributed by atoms with van der Waals surface area (Å²) in [5.41, 5.74) is 2.44. The van der Waals surface area contributed by atoms with Crippen LogP contribution in [0.4, 0.5) is 5.82 Å². The standard InChI is InChI=1S/C21H26N6O/c1-12(2)26-20-17(11-23-26)16(10-18(24-20)15-6-7-15)21(28)25-19-8-9-22-27(19)13(3)14-4-5-14/h8-15H,4-7H2,1-3H3,(H,25,28). The second-order valence-electron chi connectivity index (χ2n) is 8.48. The molecule has 1 atom stereocenters. The Morgan fingerprint density at radius 3 is 2.61 bits per heavy atom. The molecule has 3 heterocycles. The molecule has 2 aliphatic carbocycles. The molecule has 3 aromatic heterocycles. The third kappa shape index (κ3) is 2.99. The van der Waals surface area contributed by atoms with Crippen LogP contribution in [0, 0.1) is 5.92 Å². The predicted molar refractivity (Wildman–Crippen MR) is 108 cm³/mol. The lowest BCUT2D eigenvalue weighted by atomic mass is 10.1. The van der Waals surface area contributed by atoms with Crippen molar-refractivity contribution in [3.63, 3.8) is 0 Å². The fourth-order valence-electron chi connectivity index (χ4n) is 3.89. The van der Waals surface area contributed by atoms with E-state index in [0.29, 0.717) is 23.4 Å². The Balaban J connectivity index is 1.52. The summed E-state index contributed by atoms with van der Waals surface area (Å²) in [6, 6.07) is 4.31. The van der Waals surface area contributed by atoms with Crippen LogP contribution >= 0.6 is 0 Å². The summed E-state index contributed by atoms with van der Waals surface area (Å²) in [5, 5.41) is 12.8. The van der Waals surface area contributed by atoms with Crippen LogP contribution < -0.4 is 5.32 Å². The van der Waals surface area contributed by atoms with E-state index >= 15 is 0 Å². The number of anilines is 1. The van der Waals surface area contributed by atoms with Crippen molar-refractivity contribution in [2.75, 3.05) is 5.32 Å². The molecule has 2 saturated carbocycles. The summed E-state index contributed by atoms with van der Waals surface area (Å²) in [7, 11) is 0. The van der Waals surface area contributed by atoms with Crippen molar-refractivity contribution >= 4 is 22.8 Å². The Morgan fingerprint density at radius 1 is 1.14 bits per heavy atom. The molecule has 3 aromatic rings. The topological polar surface area (TPSA) is 77.6 Å². The van der Waals surface area contributed by atoms with E-state index in [1.54, 1.807) is 12.4 Å². The average Bonchev–Trinajstić information content (AvgIpc) is 3.60. The van der Waals surface area contributed by atoms with Gasteiger partial charge in [0.1, 0.15) is 5.82 Å². The fourth-order valence-corrected chi connectivity index (χ4v) is 3.89. The first kappa shape index (κ1) is 17.4. The molecule has 0 aromatic carbocycles. The number of nitrogens with zero attached hydrogens (tertiary/aromatic N) is 5. The van der Waals surface area contributed by atoms with Crippen molar-refractivity contribution in [2.24, 2.45) is 5.92 Å². The second-order valence-corrected chi connectivity index (χ2v) is 8.48. The van der Waals surface area contributed by atoms with Gasteiger partial charge >= 0.3 is 0 Å². The highest BCUT2D eigenvalue weighted by Gasteiger charge is 2.31. The molecule has 1 N–H and O–H groups in total. The van der Waals surface area contributed by atoms with Crippen LogP contribution in [0.2, 0.25) is 0 Å². The Morgan fingerprint density at radius 2 is 1.93 bits per heavy atom. The van der Waals surface area contributed by atoms with Gasteiger partial charge in [-0.3, -0.25) is 4.79 Å². The summed E-state index contributed by atoms with van der Waals surface area (Å²) >= 11 is 0. The number of carbonyl (C=O) groups is 1. The van der Waals surface area contributed by atoms with E-state index in [0.717, 1.165) is 35.4 Å². The third-order valence-corrected chi connectivity index (χ3v) is 5.92. The van der Waals surface area contributed by atoms with Crippen LogP contribution in [0.25, 0.3) is 11.0 Å². The van der Waals surface area contributed by atoms with Gasteiger partial charge in [0.2, 0.25) is 0 Å². The maximum Gasteiger partial charge on any atom is 0.257 e. The lowest BCUT2D eigenvalue weighted by Crippen LogP contribution is -2.19. The van der Waals surface area contributed by atoms with Crippen LogP contribution in [-0.2, 0) is 0 Å². The number of hydrogen-bond acceptors (Lipinski definition) is 4. The molecule has 146 valence electrons. The zero-order chi connectivity index (χ0) is 19.4. The van der Waals surface area contributed by atoms with E-state index in [1.807, 2.05) is 21.5 Å². The SMILES string of the molecule is CC(C1CC1)n1nccc1NC(=O)c1cc(C2CC2)nc2c1cnn2C(C)C. The zero-order valence-electron chi connectivity index (χ0n) is 16.6. The first-order valence-electron chi connectivity index (χ1n) is 10.3. The molecule has 28 heavy (non-hydrogen) atoms. The van der Waals surface area contributed by atoms with Crippen molar-refractivity contribution in [3.05, 3.63) is 35.8 Å². The molecule has 7 nitrogen and oxygen atoms in total. The predicted octanol–water partition coefficient (Wildman–Crippen LogP) is 4.31. The van der Waals surface area contributed by atoms with Crippen LogP contribution in [-0.4, -0.2) is 30.5 Å². The zero-order valence-corrected chi connectivity index (χ0v) is 16.6. The number of amides is 1. The Bertz CT molecular complexity index is 1040. The van der Waals surface area contributed by atoms with Gasteiger partial charge in [-0.2, -0.15) is 10.2 Å². The van der Waals surface area contributed by atoms with Crippen molar-refractivity contribution in [1.82, 2.24) is 24.5 Å². The minimum Gasteiger partial charge on any atom is -0.307 e. The lowest BCUT2D eigenvalue weighted by Gasteiger charge is -2.16. The molecular formula is C21H26N6O. The van der Waals surface area contributed by atoms with Crippen LogP contribution in [0.5, 0.6) is 0 Å². The highest BCUT2D eigenvalue weighted by atomic mass is 16.1. The minimum absolute atomic E-state index is 0.123. The molecule has 1 unspecified atom stereocenters. The Hall–Kier alpha value is -2.70. The minimum atomic E-state index is -0.123. The molecule has 0 aliphatic heterocycles. The molecule has 5 rings (SSSR count). The summed E-state index contributed by atoms with van der Waals surface area (Å²) in [6.45, 7) is 6.33. The maximum atomic E-state index is 13.2. The van der Waals surface area contributed by atoms with E-state index in [9.17, 15) is 4.79 Å². The molecule has 2 aliphatic rings. The van der Waals surface area contributed by atoms with Gasteiger partial charge in [0.05, 0.1) is 29.4 Å². The monoisotopic (exact) mass is 378 g/mol.